The Bertz CT molecular complexity index is 1130. The van der Waals surface area contributed by atoms with E-state index in [2.05, 4.69) is 32.9 Å². The summed E-state index contributed by atoms with van der Waals surface area (Å²) in [7, 11) is 6.54. The van der Waals surface area contributed by atoms with Gasteiger partial charge in [0, 0.05) is 20.0 Å². The van der Waals surface area contributed by atoms with Gasteiger partial charge in [-0.2, -0.15) is 0 Å². The van der Waals surface area contributed by atoms with E-state index in [1.807, 2.05) is 36.4 Å². The van der Waals surface area contributed by atoms with Gasteiger partial charge in [0.1, 0.15) is 12.1 Å². The number of piperazine rings is 1. The van der Waals surface area contributed by atoms with Gasteiger partial charge < -0.3 is 24.0 Å². The Hall–Kier alpha value is -3.48. The van der Waals surface area contributed by atoms with Crippen LogP contribution in [0.1, 0.15) is 58.4 Å². The van der Waals surface area contributed by atoms with E-state index in [1.54, 1.807) is 38.2 Å². The summed E-state index contributed by atoms with van der Waals surface area (Å²) in [5.41, 5.74) is 2.90. The second kappa shape index (κ2) is 14.8. The minimum Gasteiger partial charge on any atom is -0.493 e. The van der Waals surface area contributed by atoms with Crippen molar-refractivity contribution in [2.24, 2.45) is 5.92 Å². The van der Waals surface area contributed by atoms with Crippen LogP contribution < -0.4 is 14.2 Å². The standard InChI is InChI=1S/C33H46N2O5/c1-8-9-10-11-12-13-18-35-28(19-23(2)3)32(36)34(4)27(33(35)37)20-24-14-16-25(17-15-24)26-21-29(38-5)31(40-7)30(22-26)39-6/h12-17,21-23,27-28H,8-11,18-20H2,1-7H3/t27-,28-/m0/s1. The molecule has 0 bridgehead atoms. The summed E-state index contributed by atoms with van der Waals surface area (Å²) in [6.07, 6.45) is 9.86. The van der Waals surface area contributed by atoms with Gasteiger partial charge in [-0.15, -0.1) is 0 Å². The van der Waals surface area contributed by atoms with Crippen molar-refractivity contribution in [2.45, 2.75) is 71.4 Å². The fourth-order valence-corrected chi connectivity index (χ4v) is 5.27. The van der Waals surface area contributed by atoms with Gasteiger partial charge in [-0.25, -0.2) is 0 Å². The zero-order valence-electron chi connectivity index (χ0n) is 25.2. The van der Waals surface area contributed by atoms with Crippen LogP contribution in [0.25, 0.3) is 11.1 Å². The highest BCUT2D eigenvalue weighted by Gasteiger charge is 2.43. The van der Waals surface area contributed by atoms with Crippen molar-refractivity contribution in [3.8, 4) is 28.4 Å². The average molecular weight is 551 g/mol. The lowest BCUT2D eigenvalue weighted by Gasteiger charge is -2.44. The number of carbonyl (C=O) groups is 2. The molecule has 2 amide bonds. The molecule has 1 aliphatic heterocycles. The van der Waals surface area contributed by atoms with Gasteiger partial charge in [0.25, 0.3) is 0 Å². The number of allylic oxidation sites excluding steroid dienone is 1. The monoisotopic (exact) mass is 550 g/mol. The van der Waals surface area contributed by atoms with Crippen molar-refractivity contribution in [3.63, 3.8) is 0 Å². The van der Waals surface area contributed by atoms with E-state index in [4.69, 9.17) is 14.2 Å². The van der Waals surface area contributed by atoms with Crippen molar-refractivity contribution in [1.29, 1.82) is 0 Å². The number of methoxy groups -OCH3 is 3. The van der Waals surface area contributed by atoms with Gasteiger partial charge in [-0.05, 0) is 54.0 Å². The van der Waals surface area contributed by atoms with Crippen LogP contribution in [0.5, 0.6) is 17.2 Å². The highest BCUT2D eigenvalue weighted by atomic mass is 16.5. The molecule has 0 N–H and O–H groups in total. The Morgan fingerprint density at radius 3 is 2.05 bits per heavy atom. The molecule has 218 valence electrons. The Kier molecular flexibility index (Phi) is 11.5. The summed E-state index contributed by atoms with van der Waals surface area (Å²) in [5.74, 6) is 2.07. The molecule has 2 aromatic carbocycles. The highest BCUT2D eigenvalue weighted by Crippen LogP contribution is 2.41. The third-order valence-corrected chi connectivity index (χ3v) is 7.56. The molecule has 1 fully saturated rings. The van der Waals surface area contributed by atoms with E-state index >= 15 is 0 Å². The van der Waals surface area contributed by atoms with Gasteiger partial charge in [0.15, 0.2) is 11.5 Å². The van der Waals surface area contributed by atoms with Crippen LogP contribution in [0.15, 0.2) is 48.6 Å². The lowest BCUT2D eigenvalue weighted by atomic mass is 9.93. The zero-order chi connectivity index (χ0) is 29.2. The summed E-state index contributed by atoms with van der Waals surface area (Å²) >= 11 is 0. The quantitative estimate of drug-likeness (QED) is 0.209. The predicted molar refractivity (Wildman–Crippen MR) is 160 cm³/mol. The number of carbonyl (C=O) groups excluding carboxylic acids is 2. The minimum atomic E-state index is -0.531. The Morgan fingerprint density at radius 2 is 1.50 bits per heavy atom. The van der Waals surface area contributed by atoms with Gasteiger partial charge >= 0.3 is 0 Å². The van der Waals surface area contributed by atoms with Gasteiger partial charge in [-0.3, -0.25) is 9.59 Å². The zero-order valence-corrected chi connectivity index (χ0v) is 25.2. The molecule has 0 saturated carbocycles. The molecule has 40 heavy (non-hydrogen) atoms. The largest absolute Gasteiger partial charge is 0.493 e. The first-order chi connectivity index (χ1) is 19.2. The number of nitrogens with zero attached hydrogens (tertiary/aromatic N) is 2. The second-order valence-corrected chi connectivity index (χ2v) is 10.9. The highest BCUT2D eigenvalue weighted by molar-refractivity contribution is 5.97. The number of hydrogen-bond acceptors (Lipinski definition) is 5. The van der Waals surface area contributed by atoms with Crippen LogP contribution >= 0.6 is 0 Å². The summed E-state index contributed by atoms with van der Waals surface area (Å²) in [4.78, 5) is 30.7. The number of rotatable bonds is 14. The molecule has 0 aliphatic carbocycles. The molecule has 2 atom stereocenters. The molecule has 0 spiro atoms. The lowest BCUT2D eigenvalue weighted by molar-refractivity contribution is -0.160. The van der Waals surface area contributed by atoms with Crippen molar-refractivity contribution >= 4 is 11.8 Å². The molecule has 1 aliphatic rings. The molecule has 0 radical (unpaired) electrons. The SMILES string of the molecule is CCCCCC=CCN1C(=O)[C@H](Cc2ccc(-c3cc(OC)c(OC)c(OC)c3)cc2)N(C)C(=O)[C@@H]1CC(C)C. The first kappa shape index (κ1) is 31.1. The van der Waals surface area contributed by atoms with Gasteiger partial charge in [0.05, 0.1) is 21.3 Å². The van der Waals surface area contributed by atoms with E-state index in [0.717, 1.165) is 29.5 Å². The lowest BCUT2D eigenvalue weighted by Crippen LogP contribution is -2.64. The number of ether oxygens (including phenoxy) is 3. The maximum absolute atomic E-state index is 13.8. The van der Waals surface area contributed by atoms with E-state index < -0.39 is 12.1 Å². The summed E-state index contributed by atoms with van der Waals surface area (Å²) in [6.45, 7) is 6.85. The molecule has 7 nitrogen and oxygen atoms in total. The normalized spacial score (nSPS) is 17.7. The summed E-state index contributed by atoms with van der Waals surface area (Å²) in [6, 6.07) is 10.9. The van der Waals surface area contributed by atoms with Crippen molar-refractivity contribution in [1.82, 2.24) is 9.80 Å². The number of unbranched alkanes of at least 4 members (excludes halogenated alkanes) is 3. The number of likely N-dealkylation sites (N-methyl/N-ethyl adjacent to an activating group) is 1. The first-order valence-electron chi connectivity index (χ1n) is 14.4. The molecule has 7 heteroatoms. The number of hydrogen-bond donors (Lipinski definition) is 0. The molecule has 1 heterocycles. The number of amides is 2. The van der Waals surface area contributed by atoms with Gasteiger partial charge in [-0.1, -0.05) is 70.0 Å². The molecule has 1 saturated heterocycles. The summed E-state index contributed by atoms with van der Waals surface area (Å²) in [5, 5.41) is 0. The van der Waals surface area contributed by atoms with Crippen LogP contribution in [0.3, 0.4) is 0 Å². The van der Waals surface area contributed by atoms with Crippen LogP contribution in [0.4, 0.5) is 0 Å². The van der Waals surface area contributed by atoms with E-state index in [9.17, 15) is 9.59 Å². The Labute approximate surface area is 240 Å². The molecular formula is C33H46N2O5. The molecule has 0 unspecified atom stereocenters. The first-order valence-corrected chi connectivity index (χ1v) is 14.4. The number of benzene rings is 2. The smallest absolute Gasteiger partial charge is 0.246 e. The van der Waals surface area contributed by atoms with E-state index in [0.29, 0.717) is 42.6 Å². The third-order valence-electron chi connectivity index (χ3n) is 7.56. The van der Waals surface area contributed by atoms with E-state index in [-0.39, 0.29) is 11.8 Å². The average Bonchev–Trinajstić information content (AvgIpc) is 2.96. The molecule has 0 aromatic heterocycles. The van der Waals surface area contributed by atoms with Crippen molar-refractivity contribution in [2.75, 3.05) is 34.9 Å². The minimum absolute atomic E-state index is 0.0136. The Balaban J connectivity index is 1.80. The van der Waals surface area contributed by atoms with Crippen LogP contribution in [0.2, 0.25) is 0 Å². The van der Waals surface area contributed by atoms with Crippen LogP contribution in [0, 0.1) is 5.92 Å². The van der Waals surface area contributed by atoms with E-state index in [1.165, 1.54) is 12.8 Å². The maximum Gasteiger partial charge on any atom is 0.246 e. The maximum atomic E-state index is 13.8. The molecule has 3 rings (SSSR count). The topological polar surface area (TPSA) is 68.3 Å². The van der Waals surface area contributed by atoms with Crippen molar-refractivity contribution in [3.05, 3.63) is 54.1 Å². The van der Waals surface area contributed by atoms with Crippen LogP contribution in [-0.4, -0.2) is 68.6 Å². The predicted octanol–water partition coefficient (Wildman–Crippen LogP) is 6.14. The van der Waals surface area contributed by atoms with Crippen molar-refractivity contribution < 1.29 is 23.8 Å². The fraction of sp³-hybridized carbons (Fsp3) is 0.515. The third kappa shape index (κ3) is 7.38. The summed E-state index contributed by atoms with van der Waals surface area (Å²) < 4.78 is 16.5. The Morgan fingerprint density at radius 1 is 0.850 bits per heavy atom. The fourth-order valence-electron chi connectivity index (χ4n) is 5.27. The van der Waals surface area contributed by atoms with Gasteiger partial charge in [0.2, 0.25) is 17.6 Å². The molecule has 2 aromatic rings. The molecular weight excluding hydrogens is 504 g/mol. The van der Waals surface area contributed by atoms with Crippen LogP contribution in [-0.2, 0) is 16.0 Å². The second-order valence-electron chi connectivity index (χ2n) is 10.9.